The summed E-state index contributed by atoms with van der Waals surface area (Å²) in [5.74, 6) is -1.35. The van der Waals surface area contributed by atoms with Crippen LogP contribution >= 0.6 is 0 Å². The van der Waals surface area contributed by atoms with Gasteiger partial charge in [-0.05, 0) is 19.3 Å². The van der Waals surface area contributed by atoms with Crippen molar-refractivity contribution in [2.24, 2.45) is 0 Å². The van der Waals surface area contributed by atoms with E-state index in [4.69, 9.17) is 14.2 Å². The molecule has 0 saturated carbocycles. The third-order valence-corrected chi connectivity index (χ3v) is 2.23. The first-order valence-corrected chi connectivity index (χ1v) is 6.49. The van der Waals surface area contributed by atoms with Crippen LogP contribution in [0.3, 0.4) is 0 Å². The largest absolute Gasteiger partial charge is 0.463 e. The lowest BCUT2D eigenvalue weighted by molar-refractivity contribution is -0.157. The minimum atomic E-state index is -0.570. The fourth-order valence-corrected chi connectivity index (χ4v) is 1.25. The minimum absolute atomic E-state index is 0.249. The summed E-state index contributed by atoms with van der Waals surface area (Å²) in [6, 6.07) is 0. The van der Waals surface area contributed by atoms with Gasteiger partial charge < -0.3 is 18.9 Å². The number of rotatable bonds is 11. The maximum Gasteiger partial charge on any atom is 0.344 e. The Morgan fingerprint density at radius 1 is 0.800 bits per heavy atom. The summed E-state index contributed by atoms with van der Waals surface area (Å²) in [6.07, 6.45) is 2.41. The molecule has 0 unspecified atom stereocenters. The van der Waals surface area contributed by atoms with E-state index in [1.807, 2.05) is 0 Å². The van der Waals surface area contributed by atoms with E-state index < -0.39 is 11.9 Å². The summed E-state index contributed by atoms with van der Waals surface area (Å²) >= 11 is 0. The summed E-state index contributed by atoms with van der Waals surface area (Å²) in [5, 5.41) is 0. The van der Waals surface area contributed by atoms with Gasteiger partial charge in [-0.2, -0.15) is 0 Å². The fourth-order valence-electron chi connectivity index (χ4n) is 1.25. The molecule has 0 aromatic heterocycles. The molecule has 0 radical (unpaired) electrons. The van der Waals surface area contributed by atoms with Crippen LogP contribution in [0.4, 0.5) is 0 Å². The van der Waals surface area contributed by atoms with Gasteiger partial charge in [-0.25, -0.2) is 4.79 Å². The topological polar surface area (TPSA) is 88.1 Å². The molecule has 0 fully saturated rings. The van der Waals surface area contributed by atoms with Crippen molar-refractivity contribution in [3.05, 3.63) is 0 Å². The van der Waals surface area contributed by atoms with Crippen molar-refractivity contribution in [2.75, 3.05) is 33.5 Å². The zero-order valence-electron chi connectivity index (χ0n) is 12.0. The summed E-state index contributed by atoms with van der Waals surface area (Å²) in [4.78, 5) is 32.7. The second-order valence-electron chi connectivity index (χ2n) is 4.02. The molecular formula is C13H22O7. The van der Waals surface area contributed by atoms with E-state index in [0.717, 1.165) is 6.42 Å². The van der Waals surface area contributed by atoms with Crippen LogP contribution in [0.1, 0.15) is 32.6 Å². The van der Waals surface area contributed by atoms with E-state index >= 15 is 0 Å². The Morgan fingerprint density at radius 2 is 1.50 bits per heavy atom. The lowest BCUT2D eigenvalue weighted by Crippen LogP contribution is -2.15. The molecule has 20 heavy (non-hydrogen) atoms. The lowest BCUT2D eigenvalue weighted by Gasteiger charge is -2.05. The molecule has 0 amide bonds. The zero-order chi connectivity index (χ0) is 15.2. The molecule has 0 bridgehead atoms. The molecule has 0 aromatic carbocycles. The SMILES string of the molecule is COCCOC(=O)CCCCCOC(=O)COC(C)=O. The highest BCUT2D eigenvalue weighted by molar-refractivity contribution is 5.75. The van der Waals surface area contributed by atoms with Gasteiger partial charge >= 0.3 is 17.9 Å². The Labute approximate surface area is 118 Å². The van der Waals surface area contributed by atoms with E-state index in [1.165, 1.54) is 14.0 Å². The molecule has 0 heterocycles. The van der Waals surface area contributed by atoms with Crippen LogP contribution in [0.2, 0.25) is 0 Å². The minimum Gasteiger partial charge on any atom is -0.463 e. The Bertz CT molecular complexity index is 301. The molecule has 0 saturated heterocycles. The van der Waals surface area contributed by atoms with E-state index in [1.54, 1.807) is 0 Å². The number of esters is 3. The summed E-state index contributed by atoms with van der Waals surface area (Å²) < 4.78 is 18.9. The van der Waals surface area contributed by atoms with Gasteiger partial charge in [-0.1, -0.05) is 0 Å². The van der Waals surface area contributed by atoms with Crippen molar-refractivity contribution in [3.63, 3.8) is 0 Å². The van der Waals surface area contributed by atoms with Crippen molar-refractivity contribution >= 4 is 17.9 Å². The molecule has 0 rings (SSSR count). The molecule has 0 aliphatic rings. The molecule has 7 heteroatoms. The van der Waals surface area contributed by atoms with Gasteiger partial charge in [0, 0.05) is 20.5 Å². The lowest BCUT2D eigenvalue weighted by atomic mass is 10.2. The highest BCUT2D eigenvalue weighted by atomic mass is 16.6. The Hall–Kier alpha value is -1.63. The summed E-state index contributed by atoms with van der Waals surface area (Å²) in [5.41, 5.74) is 0. The monoisotopic (exact) mass is 290 g/mol. The number of methoxy groups -OCH3 is 1. The third kappa shape index (κ3) is 12.8. The molecule has 0 aliphatic carbocycles. The molecule has 0 aliphatic heterocycles. The van der Waals surface area contributed by atoms with Gasteiger partial charge in [0.1, 0.15) is 6.61 Å². The standard InChI is InChI=1S/C13H22O7/c1-11(14)20-10-13(16)18-7-5-3-4-6-12(15)19-9-8-17-2/h3-10H2,1-2H3. The van der Waals surface area contributed by atoms with Crippen molar-refractivity contribution in [2.45, 2.75) is 32.6 Å². The van der Waals surface area contributed by atoms with E-state index in [9.17, 15) is 14.4 Å². The number of carbonyl (C=O) groups is 3. The Kier molecular flexibility index (Phi) is 11.4. The first kappa shape index (κ1) is 18.4. The van der Waals surface area contributed by atoms with Crippen LogP contribution in [-0.2, 0) is 33.3 Å². The normalized spacial score (nSPS) is 9.90. The Balaban J connectivity index is 3.33. The van der Waals surface area contributed by atoms with Gasteiger partial charge in [0.25, 0.3) is 0 Å². The Morgan fingerprint density at radius 3 is 2.15 bits per heavy atom. The smallest absolute Gasteiger partial charge is 0.344 e. The summed E-state index contributed by atoms with van der Waals surface area (Å²) in [6.45, 7) is 1.77. The van der Waals surface area contributed by atoms with Crippen molar-refractivity contribution in [3.8, 4) is 0 Å². The quantitative estimate of drug-likeness (QED) is 0.316. The predicted octanol–water partition coefficient (Wildman–Crippen LogP) is 0.843. The zero-order valence-corrected chi connectivity index (χ0v) is 12.0. The predicted molar refractivity (Wildman–Crippen MR) is 68.9 cm³/mol. The van der Waals surface area contributed by atoms with Gasteiger partial charge in [-0.3, -0.25) is 9.59 Å². The van der Waals surface area contributed by atoms with Crippen LogP contribution in [0.5, 0.6) is 0 Å². The number of unbranched alkanes of at least 4 members (excludes halogenated alkanes) is 2. The highest BCUT2D eigenvalue weighted by Crippen LogP contribution is 2.02. The number of hydrogen-bond acceptors (Lipinski definition) is 7. The van der Waals surface area contributed by atoms with Gasteiger partial charge in [0.2, 0.25) is 0 Å². The summed E-state index contributed by atoms with van der Waals surface area (Å²) in [7, 11) is 1.54. The average molecular weight is 290 g/mol. The molecule has 0 aromatic rings. The van der Waals surface area contributed by atoms with Crippen LogP contribution in [0.15, 0.2) is 0 Å². The highest BCUT2D eigenvalue weighted by Gasteiger charge is 2.05. The van der Waals surface area contributed by atoms with Crippen LogP contribution in [0, 0.1) is 0 Å². The van der Waals surface area contributed by atoms with Crippen molar-refractivity contribution in [1.29, 1.82) is 0 Å². The molecular weight excluding hydrogens is 268 g/mol. The molecule has 7 nitrogen and oxygen atoms in total. The first-order valence-electron chi connectivity index (χ1n) is 6.49. The van der Waals surface area contributed by atoms with E-state index in [2.05, 4.69) is 4.74 Å². The number of ether oxygens (including phenoxy) is 4. The maximum atomic E-state index is 11.2. The fraction of sp³-hybridized carbons (Fsp3) is 0.769. The number of hydrogen-bond donors (Lipinski definition) is 0. The average Bonchev–Trinajstić information content (AvgIpc) is 2.40. The van der Waals surface area contributed by atoms with Gasteiger partial charge in [0.05, 0.1) is 13.2 Å². The van der Waals surface area contributed by atoms with Gasteiger partial charge in [-0.15, -0.1) is 0 Å². The molecule has 116 valence electrons. The number of carbonyl (C=O) groups excluding carboxylic acids is 3. The molecule has 0 spiro atoms. The van der Waals surface area contributed by atoms with E-state index in [0.29, 0.717) is 25.9 Å². The van der Waals surface area contributed by atoms with Crippen molar-refractivity contribution in [1.82, 2.24) is 0 Å². The van der Waals surface area contributed by atoms with Crippen molar-refractivity contribution < 1.29 is 33.3 Å². The van der Waals surface area contributed by atoms with Crippen LogP contribution in [-0.4, -0.2) is 51.4 Å². The second-order valence-corrected chi connectivity index (χ2v) is 4.02. The molecule has 0 atom stereocenters. The molecule has 0 N–H and O–H groups in total. The van der Waals surface area contributed by atoms with Crippen LogP contribution < -0.4 is 0 Å². The van der Waals surface area contributed by atoms with E-state index in [-0.39, 0.29) is 25.8 Å². The van der Waals surface area contributed by atoms with Crippen LogP contribution in [0.25, 0.3) is 0 Å². The maximum absolute atomic E-state index is 11.2. The second kappa shape index (κ2) is 12.4. The van der Waals surface area contributed by atoms with Gasteiger partial charge in [0.15, 0.2) is 6.61 Å². The third-order valence-electron chi connectivity index (χ3n) is 2.23. The first-order chi connectivity index (χ1) is 9.56.